The predicted molar refractivity (Wildman–Crippen MR) is 49.0 cm³/mol. The summed E-state index contributed by atoms with van der Waals surface area (Å²) in [6.45, 7) is 0.162. The molecule has 3 nitrogen and oxygen atoms in total. The summed E-state index contributed by atoms with van der Waals surface area (Å²) in [5.41, 5.74) is 5.92. The van der Waals surface area contributed by atoms with Crippen LogP contribution in [0.1, 0.15) is 31.1 Å². The quantitative estimate of drug-likeness (QED) is 0.741. The maximum absolute atomic E-state index is 9.28. The third-order valence-corrected chi connectivity index (χ3v) is 3.17. The monoisotopic (exact) mass is 181 g/mol. The molecule has 1 fully saturated rings. The van der Waals surface area contributed by atoms with E-state index >= 15 is 0 Å². The fourth-order valence-corrected chi connectivity index (χ4v) is 1.97. The molecule has 2 rings (SSSR count). The zero-order valence-electron chi connectivity index (χ0n) is 7.57. The first-order valence-electron chi connectivity index (χ1n) is 4.68. The van der Waals surface area contributed by atoms with E-state index in [-0.39, 0.29) is 18.1 Å². The molecule has 3 heteroatoms. The summed E-state index contributed by atoms with van der Waals surface area (Å²) in [5, 5.41) is 9.28. The van der Waals surface area contributed by atoms with Gasteiger partial charge in [0.2, 0.25) is 0 Å². The lowest BCUT2D eigenvalue weighted by Gasteiger charge is -2.44. The van der Waals surface area contributed by atoms with Gasteiger partial charge in [0.25, 0.3) is 0 Å². The van der Waals surface area contributed by atoms with Crippen LogP contribution in [-0.4, -0.2) is 11.7 Å². The SMILES string of the molecule is N[C@H](c1ccco1)C1(CO)CCC1. The van der Waals surface area contributed by atoms with Crippen LogP contribution >= 0.6 is 0 Å². The van der Waals surface area contributed by atoms with Crippen LogP contribution in [0.15, 0.2) is 22.8 Å². The minimum Gasteiger partial charge on any atom is -0.468 e. The number of hydrogen-bond acceptors (Lipinski definition) is 3. The Hall–Kier alpha value is -0.800. The first-order valence-corrected chi connectivity index (χ1v) is 4.68. The number of aliphatic hydroxyl groups excluding tert-OH is 1. The van der Waals surface area contributed by atoms with E-state index in [0.29, 0.717) is 0 Å². The molecule has 1 aliphatic rings. The molecule has 1 aliphatic carbocycles. The molecule has 0 saturated heterocycles. The van der Waals surface area contributed by atoms with Crippen LogP contribution in [0.5, 0.6) is 0 Å². The summed E-state index contributed by atoms with van der Waals surface area (Å²) >= 11 is 0. The van der Waals surface area contributed by atoms with Crippen molar-refractivity contribution in [2.24, 2.45) is 11.1 Å². The van der Waals surface area contributed by atoms with E-state index in [1.165, 1.54) is 0 Å². The highest BCUT2D eigenvalue weighted by Crippen LogP contribution is 2.48. The molecular weight excluding hydrogens is 166 g/mol. The van der Waals surface area contributed by atoms with Crippen molar-refractivity contribution in [2.45, 2.75) is 25.3 Å². The molecule has 1 aromatic heterocycles. The van der Waals surface area contributed by atoms with Gasteiger partial charge in [0.05, 0.1) is 18.9 Å². The van der Waals surface area contributed by atoms with E-state index in [4.69, 9.17) is 10.2 Å². The number of rotatable bonds is 3. The van der Waals surface area contributed by atoms with E-state index in [2.05, 4.69) is 0 Å². The molecule has 0 unspecified atom stereocenters. The molecule has 13 heavy (non-hydrogen) atoms. The van der Waals surface area contributed by atoms with Gasteiger partial charge in [-0.25, -0.2) is 0 Å². The first kappa shape index (κ1) is 8.78. The second-order valence-electron chi connectivity index (χ2n) is 3.87. The van der Waals surface area contributed by atoms with Gasteiger partial charge in [0.15, 0.2) is 0 Å². The van der Waals surface area contributed by atoms with Crippen molar-refractivity contribution in [3.8, 4) is 0 Å². The largest absolute Gasteiger partial charge is 0.468 e. The highest BCUT2D eigenvalue weighted by atomic mass is 16.3. The average molecular weight is 181 g/mol. The third kappa shape index (κ3) is 1.28. The molecule has 1 atom stereocenters. The van der Waals surface area contributed by atoms with Gasteiger partial charge in [-0.05, 0) is 25.0 Å². The number of hydrogen-bond donors (Lipinski definition) is 2. The Labute approximate surface area is 77.5 Å². The fourth-order valence-electron chi connectivity index (χ4n) is 1.97. The van der Waals surface area contributed by atoms with E-state index in [0.717, 1.165) is 25.0 Å². The van der Waals surface area contributed by atoms with Gasteiger partial charge >= 0.3 is 0 Å². The van der Waals surface area contributed by atoms with E-state index in [9.17, 15) is 5.11 Å². The van der Waals surface area contributed by atoms with Crippen molar-refractivity contribution in [2.75, 3.05) is 6.61 Å². The minimum atomic E-state index is -0.152. The Morgan fingerprint density at radius 1 is 1.62 bits per heavy atom. The lowest BCUT2D eigenvalue weighted by atomic mass is 9.64. The van der Waals surface area contributed by atoms with Gasteiger partial charge in [-0.2, -0.15) is 0 Å². The standard InChI is InChI=1S/C10H15NO2/c11-9(8-3-1-6-13-8)10(7-12)4-2-5-10/h1,3,6,9,12H,2,4-5,7,11H2/t9-/m1/s1. The molecular formula is C10H15NO2. The normalized spacial score (nSPS) is 22.3. The first-order chi connectivity index (χ1) is 6.28. The molecule has 0 radical (unpaired) electrons. The van der Waals surface area contributed by atoms with Crippen LogP contribution in [0.4, 0.5) is 0 Å². The lowest BCUT2D eigenvalue weighted by molar-refractivity contribution is 0.0120. The topological polar surface area (TPSA) is 59.4 Å². The summed E-state index contributed by atoms with van der Waals surface area (Å²) in [6.07, 6.45) is 4.80. The summed E-state index contributed by atoms with van der Waals surface area (Å²) in [6, 6.07) is 3.56. The van der Waals surface area contributed by atoms with E-state index in [1.54, 1.807) is 6.26 Å². The zero-order valence-corrected chi connectivity index (χ0v) is 7.57. The van der Waals surface area contributed by atoms with Gasteiger partial charge < -0.3 is 15.3 Å². The highest BCUT2D eigenvalue weighted by Gasteiger charge is 2.43. The molecule has 0 amide bonds. The molecule has 0 aliphatic heterocycles. The summed E-state index contributed by atoms with van der Waals surface area (Å²) in [4.78, 5) is 0. The summed E-state index contributed by atoms with van der Waals surface area (Å²) in [7, 11) is 0. The minimum absolute atomic E-state index is 0.113. The Morgan fingerprint density at radius 3 is 2.77 bits per heavy atom. The molecule has 3 N–H and O–H groups in total. The van der Waals surface area contributed by atoms with Crippen molar-refractivity contribution in [1.29, 1.82) is 0 Å². The maximum Gasteiger partial charge on any atom is 0.121 e. The van der Waals surface area contributed by atoms with Crippen molar-refractivity contribution < 1.29 is 9.52 Å². The molecule has 0 aromatic carbocycles. The van der Waals surface area contributed by atoms with Crippen molar-refractivity contribution >= 4 is 0 Å². The van der Waals surface area contributed by atoms with Crippen LogP contribution in [-0.2, 0) is 0 Å². The van der Waals surface area contributed by atoms with Gasteiger partial charge in [-0.15, -0.1) is 0 Å². The van der Waals surface area contributed by atoms with E-state index in [1.807, 2.05) is 12.1 Å². The van der Waals surface area contributed by atoms with Crippen LogP contribution in [0, 0.1) is 5.41 Å². The van der Waals surface area contributed by atoms with Gasteiger partial charge in [0.1, 0.15) is 5.76 Å². The second-order valence-corrected chi connectivity index (χ2v) is 3.87. The van der Waals surface area contributed by atoms with Crippen molar-refractivity contribution in [3.63, 3.8) is 0 Å². The molecule has 1 saturated carbocycles. The number of aliphatic hydroxyl groups is 1. The molecule has 0 spiro atoms. The number of furan rings is 1. The van der Waals surface area contributed by atoms with Crippen LogP contribution in [0.3, 0.4) is 0 Å². The average Bonchev–Trinajstić information content (AvgIpc) is 2.54. The van der Waals surface area contributed by atoms with Crippen LogP contribution < -0.4 is 5.73 Å². The van der Waals surface area contributed by atoms with Crippen molar-refractivity contribution in [1.82, 2.24) is 0 Å². The Morgan fingerprint density at radius 2 is 2.38 bits per heavy atom. The molecule has 72 valence electrons. The Kier molecular flexibility index (Phi) is 2.14. The summed E-state index contributed by atoms with van der Waals surface area (Å²) in [5.74, 6) is 0.786. The molecule has 1 heterocycles. The lowest BCUT2D eigenvalue weighted by Crippen LogP contribution is -2.43. The molecule has 1 aromatic rings. The van der Waals surface area contributed by atoms with Crippen LogP contribution in [0.2, 0.25) is 0 Å². The van der Waals surface area contributed by atoms with Gasteiger partial charge in [0, 0.05) is 5.41 Å². The predicted octanol–water partition coefficient (Wildman–Crippen LogP) is 1.44. The highest BCUT2D eigenvalue weighted by molar-refractivity contribution is 5.11. The van der Waals surface area contributed by atoms with E-state index < -0.39 is 0 Å². The maximum atomic E-state index is 9.28. The summed E-state index contributed by atoms with van der Waals surface area (Å²) < 4.78 is 5.24. The van der Waals surface area contributed by atoms with Crippen molar-refractivity contribution in [3.05, 3.63) is 24.2 Å². The van der Waals surface area contributed by atoms with Crippen LogP contribution in [0.25, 0.3) is 0 Å². The smallest absolute Gasteiger partial charge is 0.121 e. The molecule has 0 bridgehead atoms. The number of nitrogens with two attached hydrogens (primary N) is 1. The third-order valence-electron chi connectivity index (χ3n) is 3.17. The second kappa shape index (κ2) is 3.16. The van der Waals surface area contributed by atoms with Gasteiger partial charge in [-0.3, -0.25) is 0 Å². The fraction of sp³-hybridized carbons (Fsp3) is 0.600. The zero-order chi connectivity index (χ0) is 9.31. The Bertz CT molecular complexity index is 259. The van der Waals surface area contributed by atoms with Gasteiger partial charge in [-0.1, -0.05) is 6.42 Å². The Balaban J connectivity index is 2.16.